The first kappa shape index (κ1) is 12.5. The van der Waals surface area contributed by atoms with Crippen LogP contribution in [0, 0.1) is 12.3 Å². The first-order chi connectivity index (χ1) is 7.21. The molecular weight excluding hydrogens is 184 g/mol. The first-order valence-electron chi connectivity index (χ1n) is 6.03. The lowest BCUT2D eigenvalue weighted by atomic mass is 9.96. The van der Waals surface area contributed by atoms with E-state index < -0.39 is 0 Å². The van der Waals surface area contributed by atoms with E-state index in [-0.39, 0.29) is 0 Å². The van der Waals surface area contributed by atoms with E-state index in [1.807, 2.05) is 0 Å². The van der Waals surface area contributed by atoms with Gasteiger partial charge in [0, 0.05) is 18.5 Å². The number of unbranched alkanes of at least 4 members (excludes halogenated alkanes) is 1. The van der Waals surface area contributed by atoms with Crippen molar-refractivity contribution in [3.63, 3.8) is 0 Å². The van der Waals surface area contributed by atoms with Gasteiger partial charge in [-0.1, -0.05) is 12.8 Å². The fraction of sp³-hybridized carbons (Fsp3) is 0.846. The monoisotopic (exact) mass is 208 g/mol. The van der Waals surface area contributed by atoms with Gasteiger partial charge in [0.25, 0.3) is 0 Å². The summed E-state index contributed by atoms with van der Waals surface area (Å²) in [6, 6.07) is 0. The standard InChI is InChI=1S/C13H24N2/c1-4-5-8-11-14-12-13(15(2)3)9-6-7-10-13/h1,14H,5-12H2,2-3H3. The minimum absolute atomic E-state index is 0.413. The smallest absolute Gasteiger partial charge is 0.0327 e. The van der Waals surface area contributed by atoms with Crippen molar-refractivity contribution >= 4 is 0 Å². The number of likely N-dealkylation sites (N-methyl/N-ethyl adjacent to an activating group) is 1. The quantitative estimate of drug-likeness (QED) is 0.529. The zero-order chi connectivity index (χ0) is 11.1. The van der Waals surface area contributed by atoms with Crippen LogP contribution in [0.25, 0.3) is 0 Å². The molecule has 1 aliphatic carbocycles. The Balaban J connectivity index is 2.24. The molecule has 15 heavy (non-hydrogen) atoms. The van der Waals surface area contributed by atoms with Crippen molar-refractivity contribution in [2.24, 2.45) is 0 Å². The average Bonchev–Trinajstić information content (AvgIpc) is 2.67. The summed E-state index contributed by atoms with van der Waals surface area (Å²) in [5, 5.41) is 3.55. The molecule has 2 heteroatoms. The van der Waals surface area contributed by atoms with Gasteiger partial charge in [0.15, 0.2) is 0 Å². The molecule has 1 rings (SSSR count). The van der Waals surface area contributed by atoms with Gasteiger partial charge in [-0.25, -0.2) is 0 Å². The third-order valence-electron chi connectivity index (χ3n) is 3.61. The molecule has 0 radical (unpaired) electrons. The van der Waals surface area contributed by atoms with Crippen LogP contribution < -0.4 is 5.32 Å². The second-order valence-corrected chi connectivity index (χ2v) is 4.81. The molecule has 0 aromatic heterocycles. The molecule has 1 aliphatic rings. The van der Waals surface area contributed by atoms with E-state index in [4.69, 9.17) is 6.42 Å². The molecule has 0 aromatic rings. The normalized spacial score (nSPS) is 19.3. The molecule has 86 valence electrons. The lowest BCUT2D eigenvalue weighted by molar-refractivity contribution is 0.154. The third kappa shape index (κ3) is 3.52. The number of rotatable bonds is 6. The fourth-order valence-electron chi connectivity index (χ4n) is 2.45. The minimum Gasteiger partial charge on any atom is -0.315 e. The topological polar surface area (TPSA) is 15.3 Å². The van der Waals surface area contributed by atoms with E-state index in [1.165, 1.54) is 25.7 Å². The van der Waals surface area contributed by atoms with Gasteiger partial charge in [-0.05, 0) is 39.9 Å². The van der Waals surface area contributed by atoms with E-state index in [0.717, 1.165) is 25.9 Å². The summed E-state index contributed by atoms with van der Waals surface area (Å²) in [6.45, 7) is 2.17. The van der Waals surface area contributed by atoms with Crippen molar-refractivity contribution in [3.8, 4) is 12.3 Å². The Morgan fingerprint density at radius 2 is 2.00 bits per heavy atom. The fourth-order valence-corrected chi connectivity index (χ4v) is 2.45. The third-order valence-corrected chi connectivity index (χ3v) is 3.61. The Morgan fingerprint density at radius 3 is 2.53 bits per heavy atom. The van der Waals surface area contributed by atoms with Crippen molar-refractivity contribution in [1.82, 2.24) is 10.2 Å². The van der Waals surface area contributed by atoms with Gasteiger partial charge < -0.3 is 10.2 Å². The van der Waals surface area contributed by atoms with Crippen LogP contribution in [0.5, 0.6) is 0 Å². The molecule has 0 aromatic carbocycles. The molecule has 0 bridgehead atoms. The van der Waals surface area contributed by atoms with Gasteiger partial charge in [0.05, 0.1) is 0 Å². The maximum atomic E-state index is 5.22. The zero-order valence-corrected chi connectivity index (χ0v) is 10.2. The predicted octanol–water partition coefficient (Wildman–Crippen LogP) is 1.86. The minimum atomic E-state index is 0.413. The number of nitrogens with zero attached hydrogens (tertiary/aromatic N) is 1. The van der Waals surface area contributed by atoms with Crippen molar-refractivity contribution in [2.75, 3.05) is 27.2 Å². The number of nitrogens with one attached hydrogen (secondary N) is 1. The van der Waals surface area contributed by atoms with E-state index in [1.54, 1.807) is 0 Å². The van der Waals surface area contributed by atoms with Gasteiger partial charge in [-0.15, -0.1) is 12.3 Å². The Morgan fingerprint density at radius 1 is 1.33 bits per heavy atom. The van der Waals surface area contributed by atoms with Gasteiger partial charge in [0.1, 0.15) is 0 Å². The Bertz CT molecular complexity index is 209. The molecule has 0 unspecified atom stereocenters. The average molecular weight is 208 g/mol. The maximum absolute atomic E-state index is 5.22. The number of hydrogen-bond donors (Lipinski definition) is 1. The Labute approximate surface area is 94.4 Å². The van der Waals surface area contributed by atoms with Crippen LogP contribution in [0.15, 0.2) is 0 Å². The van der Waals surface area contributed by atoms with Gasteiger partial charge >= 0.3 is 0 Å². The molecule has 0 saturated heterocycles. The molecule has 0 spiro atoms. The summed E-state index contributed by atoms with van der Waals surface area (Å²) >= 11 is 0. The molecule has 0 heterocycles. The van der Waals surface area contributed by atoms with E-state index in [2.05, 4.69) is 30.2 Å². The van der Waals surface area contributed by atoms with Crippen LogP contribution in [0.4, 0.5) is 0 Å². The lowest BCUT2D eigenvalue weighted by Crippen LogP contribution is -2.49. The Kier molecular flexibility index (Phi) is 5.14. The van der Waals surface area contributed by atoms with Gasteiger partial charge in [-0.2, -0.15) is 0 Å². The van der Waals surface area contributed by atoms with Crippen molar-refractivity contribution < 1.29 is 0 Å². The predicted molar refractivity (Wildman–Crippen MR) is 65.8 cm³/mol. The highest BCUT2D eigenvalue weighted by molar-refractivity contribution is 4.94. The largest absolute Gasteiger partial charge is 0.315 e. The summed E-state index contributed by atoms with van der Waals surface area (Å²) in [5.41, 5.74) is 0.413. The molecule has 0 amide bonds. The SMILES string of the molecule is C#CCCCNCC1(N(C)C)CCCC1. The molecular formula is C13H24N2. The van der Waals surface area contributed by atoms with Crippen molar-refractivity contribution in [2.45, 2.75) is 44.1 Å². The summed E-state index contributed by atoms with van der Waals surface area (Å²) < 4.78 is 0. The molecule has 1 N–H and O–H groups in total. The van der Waals surface area contributed by atoms with Gasteiger partial charge in [-0.3, -0.25) is 0 Å². The summed E-state index contributed by atoms with van der Waals surface area (Å²) in [4.78, 5) is 2.40. The van der Waals surface area contributed by atoms with Gasteiger partial charge in [0.2, 0.25) is 0 Å². The second kappa shape index (κ2) is 6.15. The molecule has 1 fully saturated rings. The second-order valence-electron chi connectivity index (χ2n) is 4.81. The summed E-state index contributed by atoms with van der Waals surface area (Å²) in [7, 11) is 4.41. The van der Waals surface area contributed by atoms with Crippen molar-refractivity contribution in [3.05, 3.63) is 0 Å². The number of hydrogen-bond acceptors (Lipinski definition) is 2. The zero-order valence-electron chi connectivity index (χ0n) is 10.2. The highest BCUT2D eigenvalue weighted by atomic mass is 15.2. The summed E-state index contributed by atoms with van der Waals surface area (Å²) in [5.74, 6) is 2.68. The van der Waals surface area contributed by atoms with E-state index in [9.17, 15) is 0 Å². The van der Waals surface area contributed by atoms with Crippen LogP contribution in [-0.2, 0) is 0 Å². The first-order valence-corrected chi connectivity index (χ1v) is 6.03. The molecule has 0 aliphatic heterocycles. The highest BCUT2D eigenvalue weighted by Crippen LogP contribution is 2.32. The van der Waals surface area contributed by atoms with Crippen LogP contribution in [0.2, 0.25) is 0 Å². The van der Waals surface area contributed by atoms with Crippen LogP contribution >= 0.6 is 0 Å². The molecule has 0 atom stereocenters. The van der Waals surface area contributed by atoms with E-state index >= 15 is 0 Å². The maximum Gasteiger partial charge on any atom is 0.0327 e. The van der Waals surface area contributed by atoms with Crippen LogP contribution in [0.1, 0.15) is 38.5 Å². The molecule has 1 saturated carbocycles. The van der Waals surface area contributed by atoms with Crippen LogP contribution in [-0.4, -0.2) is 37.6 Å². The molecule has 2 nitrogen and oxygen atoms in total. The highest BCUT2D eigenvalue weighted by Gasteiger charge is 2.35. The summed E-state index contributed by atoms with van der Waals surface area (Å²) in [6.07, 6.45) is 12.6. The number of terminal acetylenes is 1. The van der Waals surface area contributed by atoms with Crippen molar-refractivity contribution in [1.29, 1.82) is 0 Å². The lowest BCUT2D eigenvalue weighted by Gasteiger charge is -2.36. The Hall–Kier alpha value is -0.520. The van der Waals surface area contributed by atoms with Crippen LogP contribution in [0.3, 0.4) is 0 Å². The van der Waals surface area contributed by atoms with E-state index in [0.29, 0.717) is 5.54 Å².